The van der Waals surface area contributed by atoms with Gasteiger partial charge in [0.25, 0.3) is 0 Å². The highest BCUT2D eigenvalue weighted by Gasteiger charge is 2.10. The molecule has 1 aromatic heterocycles. The third-order valence-corrected chi connectivity index (χ3v) is 2.29. The van der Waals surface area contributed by atoms with Crippen molar-refractivity contribution in [1.29, 1.82) is 0 Å². The number of nitrogens with zero attached hydrogens (tertiary/aromatic N) is 1. The van der Waals surface area contributed by atoms with Crippen molar-refractivity contribution >= 4 is 11.6 Å². The Kier molecular flexibility index (Phi) is 5.66. The predicted molar refractivity (Wildman–Crippen MR) is 66.3 cm³/mol. The summed E-state index contributed by atoms with van der Waals surface area (Å²) in [4.78, 5) is 3.91. The zero-order valence-electron chi connectivity index (χ0n) is 10.3. The Balaban J connectivity index is 2.74. The average Bonchev–Trinajstić information content (AvgIpc) is 2.31. The zero-order valence-corrected chi connectivity index (χ0v) is 10.3. The molecule has 1 aromatic rings. The van der Waals surface area contributed by atoms with E-state index in [4.69, 9.17) is 0 Å². The molecule has 0 fully saturated rings. The molecule has 0 bridgehead atoms. The van der Waals surface area contributed by atoms with Crippen LogP contribution >= 0.6 is 0 Å². The van der Waals surface area contributed by atoms with Crippen LogP contribution in [0.15, 0.2) is 6.07 Å². The lowest BCUT2D eigenvalue weighted by molar-refractivity contribution is 0.577. The van der Waals surface area contributed by atoms with Crippen LogP contribution in [0.5, 0.6) is 0 Å². The van der Waals surface area contributed by atoms with E-state index in [-0.39, 0.29) is 11.6 Å². The molecular weight excluding hydrogens is 224 g/mol. The number of nitrogens with one attached hydrogen (secondary N) is 2. The van der Waals surface area contributed by atoms with Crippen molar-refractivity contribution < 1.29 is 8.78 Å². The first-order valence-electron chi connectivity index (χ1n) is 6.02. The molecule has 0 saturated heterocycles. The van der Waals surface area contributed by atoms with Crippen molar-refractivity contribution in [2.24, 2.45) is 0 Å². The Morgan fingerprint density at radius 1 is 1.00 bits per heavy atom. The van der Waals surface area contributed by atoms with E-state index >= 15 is 0 Å². The molecule has 5 heteroatoms. The van der Waals surface area contributed by atoms with Crippen molar-refractivity contribution in [3.05, 3.63) is 17.7 Å². The molecule has 0 aliphatic heterocycles. The zero-order chi connectivity index (χ0) is 12.7. The smallest absolute Gasteiger partial charge is 0.168 e. The Hall–Kier alpha value is -1.39. The fraction of sp³-hybridized carbons (Fsp3) is 0.583. The van der Waals surface area contributed by atoms with Gasteiger partial charge in [-0.25, -0.2) is 13.8 Å². The van der Waals surface area contributed by atoms with Gasteiger partial charge in [-0.3, -0.25) is 0 Å². The predicted octanol–water partition coefficient (Wildman–Crippen LogP) is 3.39. The van der Waals surface area contributed by atoms with E-state index in [0.29, 0.717) is 13.1 Å². The van der Waals surface area contributed by atoms with E-state index in [1.807, 2.05) is 13.8 Å². The monoisotopic (exact) mass is 243 g/mol. The van der Waals surface area contributed by atoms with E-state index in [9.17, 15) is 8.78 Å². The highest BCUT2D eigenvalue weighted by Crippen LogP contribution is 2.18. The number of hydrogen-bond acceptors (Lipinski definition) is 3. The standard InChI is InChI=1S/C12H19F2N3/c1-3-5-7-16-12-10(14)8-9(13)11(17-12)15-6-4-2/h8H,3-7H2,1-2H3,(H2,15,16,17). The third-order valence-electron chi connectivity index (χ3n) is 2.29. The summed E-state index contributed by atoms with van der Waals surface area (Å²) in [5.74, 6) is -1.09. The minimum absolute atomic E-state index is 0.104. The maximum Gasteiger partial charge on any atom is 0.168 e. The fourth-order valence-electron chi connectivity index (χ4n) is 1.34. The van der Waals surface area contributed by atoms with Crippen molar-refractivity contribution in [1.82, 2.24) is 4.98 Å². The molecule has 0 aliphatic rings. The highest BCUT2D eigenvalue weighted by molar-refractivity contribution is 5.47. The van der Waals surface area contributed by atoms with E-state index in [1.54, 1.807) is 0 Å². The highest BCUT2D eigenvalue weighted by atomic mass is 19.1. The number of rotatable bonds is 7. The minimum atomic E-state index is -0.656. The van der Waals surface area contributed by atoms with Crippen molar-refractivity contribution in [3.63, 3.8) is 0 Å². The van der Waals surface area contributed by atoms with E-state index < -0.39 is 11.6 Å². The van der Waals surface area contributed by atoms with Crippen LogP contribution in [0, 0.1) is 11.6 Å². The van der Waals surface area contributed by atoms with Gasteiger partial charge in [0.15, 0.2) is 23.3 Å². The van der Waals surface area contributed by atoms with Gasteiger partial charge in [-0.15, -0.1) is 0 Å². The fourth-order valence-corrected chi connectivity index (χ4v) is 1.34. The molecule has 0 atom stereocenters. The van der Waals surface area contributed by atoms with Gasteiger partial charge in [0, 0.05) is 19.2 Å². The van der Waals surface area contributed by atoms with Crippen molar-refractivity contribution in [2.75, 3.05) is 23.7 Å². The molecule has 0 aromatic carbocycles. The maximum absolute atomic E-state index is 13.4. The van der Waals surface area contributed by atoms with Crippen LogP contribution in [0.3, 0.4) is 0 Å². The van der Waals surface area contributed by atoms with Crippen LogP contribution in [0.2, 0.25) is 0 Å². The quantitative estimate of drug-likeness (QED) is 0.721. The number of aromatic nitrogens is 1. The molecule has 2 N–H and O–H groups in total. The third kappa shape index (κ3) is 4.17. The molecule has 0 aliphatic carbocycles. The lowest BCUT2D eigenvalue weighted by Gasteiger charge is -2.10. The van der Waals surface area contributed by atoms with Crippen molar-refractivity contribution in [3.8, 4) is 0 Å². The number of halogens is 2. The first-order valence-corrected chi connectivity index (χ1v) is 6.02. The van der Waals surface area contributed by atoms with Crippen LogP contribution in [0.4, 0.5) is 20.4 Å². The second-order valence-corrected chi connectivity index (χ2v) is 3.86. The lowest BCUT2D eigenvalue weighted by Crippen LogP contribution is -2.10. The normalized spacial score (nSPS) is 10.4. The Morgan fingerprint density at radius 2 is 1.59 bits per heavy atom. The summed E-state index contributed by atoms with van der Waals surface area (Å²) in [6.07, 6.45) is 2.80. The molecule has 1 rings (SSSR count). The summed E-state index contributed by atoms with van der Waals surface area (Å²) < 4.78 is 26.7. The second-order valence-electron chi connectivity index (χ2n) is 3.86. The lowest BCUT2D eigenvalue weighted by atomic mass is 10.3. The van der Waals surface area contributed by atoms with Gasteiger partial charge in [-0.1, -0.05) is 20.3 Å². The first-order chi connectivity index (χ1) is 8.19. The second kappa shape index (κ2) is 7.04. The van der Waals surface area contributed by atoms with E-state index in [0.717, 1.165) is 25.3 Å². The molecule has 17 heavy (non-hydrogen) atoms. The van der Waals surface area contributed by atoms with Crippen LogP contribution in [0.1, 0.15) is 33.1 Å². The Bertz CT molecular complexity index is 356. The van der Waals surface area contributed by atoms with Gasteiger partial charge in [0.05, 0.1) is 0 Å². The van der Waals surface area contributed by atoms with Crippen LogP contribution < -0.4 is 10.6 Å². The molecule has 3 nitrogen and oxygen atoms in total. The number of hydrogen-bond donors (Lipinski definition) is 2. The first kappa shape index (κ1) is 13.7. The topological polar surface area (TPSA) is 37.0 Å². The van der Waals surface area contributed by atoms with Gasteiger partial charge in [0.2, 0.25) is 0 Å². The SMILES string of the molecule is CCCCNc1nc(NCCC)c(F)cc1F. The summed E-state index contributed by atoms with van der Waals surface area (Å²) >= 11 is 0. The Morgan fingerprint density at radius 3 is 2.12 bits per heavy atom. The van der Waals surface area contributed by atoms with Gasteiger partial charge in [-0.2, -0.15) is 0 Å². The van der Waals surface area contributed by atoms with E-state index in [1.165, 1.54) is 0 Å². The molecule has 0 radical (unpaired) electrons. The van der Waals surface area contributed by atoms with Gasteiger partial charge >= 0.3 is 0 Å². The molecule has 96 valence electrons. The molecule has 1 heterocycles. The average molecular weight is 243 g/mol. The number of pyridine rings is 1. The largest absolute Gasteiger partial charge is 0.368 e. The van der Waals surface area contributed by atoms with Crippen molar-refractivity contribution in [2.45, 2.75) is 33.1 Å². The summed E-state index contributed by atoms with van der Waals surface area (Å²) in [5.41, 5.74) is 0. The molecular formula is C12H19F2N3. The summed E-state index contributed by atoms with van der Waals surface area (Å²) in [5, 5.41) is 5.69. The molecule has 0 spiro atoms. The minimum Gasteiger partial charge on any atom is -0.368 e. The van der Waals surface area contributed by atoms with Crippen LogP contribution in [0.25, 0.3) is 0 Å². The van der Waals surface area contributed by atoms with Crippen LogP contribution in [-0.2, 0) is 0 Å². The van der Waals surface area contributed by atoms with E-state index in [2.05, 4.69) is 15.6 Å². The summed E-state index contributed by atoms with van der Waals surface area (Å²) in [6.45, 7) is 5.27. The summed E-state index contributed by atoms with van der Waals surface area (Å²) in [7, 11) is 0. The Labute approximate surface area is 101 Å². The van der Waals surface area contributed by atoms with Gasteiger partial charge < -0.3 is 10.6 Å². The number of anilines is 2. The molecule has 0 unspecified atom stereocenters. The maximum atomic E-state index is 13.4. The summed E-state index contributed by atoms with van der Waals surface area (Å²) in [6, 6.07) is 0.860. The van der Waals surface area contributed by atoms with Gasteiger partial charge in [-0.05, 0) is 12.8 Å². The number of unbranched alkanes of at least 4 members (excludes halogenated alkanes) is 1. The molecule has 0 amide bonds. The molecule has 0 saturated carbocycles. The van der Waals surface area contributed by atoms with Crippen LogP contribution in [-0.4, -0.2) is 18.1 Å². The van der Waals surface area contributed by atoms with Gasteiger partial charge in [0.1, 0.15) is 0 Å².